The van der Waals surface area contributed by atoms with Crippen molar-refractivity contribution in [2.45, 2.75) is 52.4 Å². The maximum Gasteiger partial charge on any atom is 0.307 e. The fraction of sp³-hybridized carbons (Fsp3) is 0.270. The maximum absolute atomic E-state index is 11.4. The zero-order valence-electron chi connectivity index (χ0n) is 26.4. The molecule has 1 atom stereocenters. The lowest BCUT2D eigenvalue weighted by molar-refractivity contribution is -0.136. The lowest BCUT2D eigenvalue weighted by atomic mass is 9.82. The number of allylic oxidation sites excluding steroid dienone is 1. The highest BCUT2D eigenvalue weighted by molar-refractivity contribution is 9.11. The predicted octanol–water partition coefficient (Wildman–Crippen LogP) is 10.3. The van der Waals surface area contributed by atoms with Gasteiger partial charge in [-0.2, -0.15) is 0 Å². The number of aliphatic carboxylic acids is 1. The number of carboxylic acids is 1. The number of aromatic hydroxyl groups is 1. The van der Waals surface area contributed by atoms with Crippen LogP contribution in [0.15, 0.2) is 88.0 Å². The number of rotatable bonds is 12. The summed E-state index contributed by atoms with van der Waals surface area (Å²) in [6.07, 6.45) is 4.90. The van der Waals surface area contributed by atoms with Gasteiger partial charge in [0.05, 0.1) is 22.5 Å². The van der Waals surface area contributed by atoms with E-state index >= 15 is 0 Å². The first-order valence-electron chi connectivity index (χ1n) is 14.8. The number of carboxylic acid groups (broad SMARTS) is 1. The highest BCUT2D eigenvalue weighted by Crippen LogP contribution is 2.48. The largest absolute Gasteiger partial charge is 0.508 e. The Hall–Kier alpha value is -3.75. The molecule has 0 aliphatic heterocycles. The molecule has 0 saturated carbocycles. The minimum Gasteiger partial charge on any atom is -0.508 e. The minimum absolute atomic E-state index is 0.115. The Morgan fingerprint density at radius 2 is 1.64 bits per heavy atom. The molecule has 0 fully saturated rings. The van der Waals surface area contributed by atoms with Crippen LogP contribution in [0.5, 0.6) is 23.0 Å². The number of methoxy groups -OCH3 is 1. The molecule has 4 aromatic carbocycles. The molecule has 4 aromatic rings. The number of ether oxygens (including phenoxy) is 2. The molecule has 2 N–H and O–H groups in total. The topological polar surface area (TPSA) is 79.2 Å². The second kappa shape index (κ2) is 15.0. The van der Waals surface area contributed by atoms with E-state index in [1.165, 1.54) is 0 Å². The monoisotopic (exact) mass is 735 g/mol. The van der Waals surface area contributed by atoms with E-state index in [2.05, 4.69) is 70.8 Å². The van der Waals surface area contributed by atoms with Crippen LogP contribution < -0.4 is 14.4 Å². The van der Waals surface area contributed by atoms with Gasteiger partial charge in [-0.3, -0.25) is 4.79 Å². The molecule has 0 spiro atoms. The Balaban J connectivity index is 2.01. The van der Waals surface area contributed by atoms with Crippen molar-refractivity contribution in [2.75, 3.05) is 19.1 Å². The molecule has 0 saturated heterocycles. The first kappa shape index (κ1) is 34.1. The molecule has 4 rings (SSSR count). The molecule has 45 heavy (non-hydrogen) atoms. The van der Waals surface area contributed by atoms with Gasteiger partial charge in [-0.1, -0.05) is 56.7 Å². The number of halogens is 2. The van der Waals surface area contributed by atoms with Crippen molar-refractivity contribution in [3.63, 3.8) is 0 Å². The first-order chi connectivity index (χ1) is 21.4. The van der Waals surface area contributed by atoms with E-state index in [1.807, 2.05) is 61.5 Å². The molecule has 0 amide bonds. The normalized spacial score (nSPS) is 12.0. The Labute approximate surface area is 282 Å². The van der Waals surface area contributed by atoms with E-state index in [-0.39, 0.29) is 18.1 Å². The van der Waals surface area contributed by atoms with Gasteiger partial charge in [0.15, 0.2) is 5.75 Å². The molecule has 0 heterocycles. The maximum atomic E-state index is 11.4. The number of benzene rings is 4. The van der Waals surface area contributed by atoms with E-state index < -0.39 is 11.9 Å². The summed E-state index contributed by atoms with van der Waals surface area (Å²) >= 11 is 7.23. The summed E-state index contributed by atoms with van der Waals surface area (Å²) in [7, 11) is 3.65. The van der Waals surface area contributed by atoms with Crippen LogP contribution in [0.3, 0.4) is 0 Å². The Morgan fingerprint density at radius 1 is 0.956 bits per heavy atom. The second-order valence-corrected chi connectivity index (χ2v) is 13.1. The highest BCUT2D eigenvalue weighted by Gasteiger charge is 2.28. The fourth-order valence-corrected chi connectivity index (χ4v) is 6.79. The predicted molar refractivity (Wildman–Crippen MR) is 188 cm³/mol. The standard InChI is InChI=1S/C37H39Br2NO5/c1-7-8-14-40(5)26-12-13-32(41)28(19-26)36(25-11-9-10-23(4)15-25)29-21-33(44-6)27(22(2)3)20-34(29)45-37-30(38)16-24(17-31(37)39)18-35(42)43/h8-17,19-22,36,41H,7,18H2,1-6H3,(H,42,43)/b14-8-. The molecule has 8 heteroatoms. The van der Waals surface area contributed by atoms with Crippen LogP contribution in [-0.4, -0.2) is 30.3 Å². The number of carbonyl (C=O) groups is 1. The van der Waals surface area contributed by atoms with Crippen molar-refractivity contribution in [3.8, 4) is 23.0 Å². The highest BCUT2D eigenvalue weighted by atomic mass is 79.9. The number of nitrogens with zero attached hydrogens (tertiary/aromatic N) is 1. The third kappa shape index (κ3) is 8.10. The fourth-order valence-electron chi connectivity index (χ4n) is 5.35. The van der Waals surface area contributed by atoms with Crippen LogP contribution in [0.4, 0.5) is 5.69 Å². The lowest BCUT2D eigenvalue weighted by Gasteiger charge is -2.27. The summed E-state index contributed by atoms with van der Waals surface area (Å²) in [4.78, 5) is 13.4. The number of hydrogen-bond acceptors (Lipinski definition) is 5. The molecular formula is C37H39Br2NO5. The van der Waals surface area contributed by atoms with Crippen LogP contribution >= 0.6 is 31.9 Å². The van der Waals surface area contributed by atoms with Crippen LogP contribution in [0, 0.1) is 6.92 Å². The third-order valence-corrected chi connectivity index (χ3v) is 8.77. The van der Waals surface area contributed by atoms with Crippen LogP contribution in [0.25, 0.3) is 0 Å². The number of phenolic OH excluding ortho intramolecular Hbond substituents is 1. The van der Waals surface area contributed by atoms with Gasteiger partial charge < -0.3 is 24.6 Å². The van der Waals surface area contributed by atoms with Gasteiger partial charge in [-0.15, -0.1) is 0 Å². The van der Waals surface area contributed by atoms with Crippen molar-refractivity contribution in [1.29, 1.82) is 0 Å². The Bertz CT molecular complexity index is 1690. The summed E-state index contributed by atoms with van der Waals surface area (Å²) in [6, 6.07) is 21.4. The summed E-state index contributed by atoms with van der Waals surface area (Å²) in [5.41, 5.74) is 6.11. The van der Waals surface area contributed by atoms with E-state index in [0.717, 1.165) is 40.1 Å². The molecule has 0 aliphatic carbocycles. The second-order valence-electron chi connectivity index (χ2n) is 11.3. The molecule has 0 aliphatic rings. The first-order valence-corrected chi connectivity index (χ1v) is 16.4. The molecule has 0 aromatic heterocycles. The van der Waals surface area contributed by atoms with E-state index in [4.69, 9.17) is 9.47 Å². The van der Waals surface area contributed by atoms with Gasteiger partial charge in [0.1, 0.15) is 17.2 Å². The van der Waals surface area contributed by atoms with Crippen molar-refractivity contribution in [1.82, 2.24) is 0 Å². The Kier molecular flexibility index (Phi) is 11.4. The zero-order valence-corrected chi connectivity index (χ0v) is 29.6. The van der Waals surface area contributed by atoms with Crippen molar-refractivity contribution >= 4 is 43.5 Å². The summed E-state index contributed by atoms with van der Waals surface area (Å²) in [5, 5.41) is 20.8. The van der Waals surface area contributed by atoms with Crippen molar-refractivity contribution in [2.24, 2.45) is 0 Å². The molecule has 0 radical (unpaired) electrons. The molecule has 236 valence electrons. The molecule has 0 bridgehead atoms. The number of anilines is 1. The zero-order chi connectivity index (χ0) is 32.8. The molecule has 1 unspecified atom stereocenters. The summed E-state index contributed by atoms with van der Waals surface area (Å²) in [6.45, 7) is 8.33. The Morgan fingerprint density at radius 3 is 2.24 bits per heavy atom. The SMILES string of the molecule is CC/C=C\N(C)c1ccc(O)c(C(c2cccc(C)c2)c2cc(OC)c(C(C)C)cc2Oc2c(Br)cc(CC(=O)O)cc2Br)c1. The smallest absolute Gasteiger partial charge is 0.307 e. The van der Waals surface area contributed by atoms with Gasteiger partial charge >= 0.3 is 5.97 Å². The molecular weight excluding hydrogens is 698 g/mol. The van der Waals surface area contributed by atoms with Gasteiger partial charge in [-0.25, -0.2) is 0 Å². The van der Waals surface area contributed by atoms with Gasteiger partial charge in [-0.05, 0) is 111 Å². The average Bonchev–Trinajstić information content (AvgIpc) is 2.98. The van der Waals surface area contributed by atoms with Gasteiger partial charge in [0.2, 0.25) is 0 Å². The van der Waals surface area contributed by atoms with Crippen molar-refractivity contribution < 1.29 is 24.5 Å². The van der Waals surface area contributed by atoms with Gasteiger partial charge in [0, 0.05) is 35.3 Å². The van der Waals surface area contributed by atoms with E-state index in [0.29, 0.717) is 31.6 Å². The van der Waals surface area contributed by atoms with Gasteiger partial charge in [0.25, 0.3) is 0 Å². The summed E-state index contributed by atoms with van der Waals surface area (Å²) in [5.74, 6) is 0.769. The number of hydrogen-bond donors (Lipinski definition) is 2. The number of aryl methyl sites for hydroxylation is 1. The third-order valence-electron chi connectivity index (χ3n) is 7.59. The van der Waals surface area contributed by atoms with Crippen LogP contribution in [0.2, 0.25) is 0 Å². The van der Waals surface area contributed by atoms with Crippen LogP contribution in [-0.2, 0) is 11.2 Å². The lowest BCUT2D eigenvalue weighted by Crippen LogP contribution is -2.11. The quantitative estimate of drug-likeness (QED) is 0.141. The number of phenols is 1. The van der Waals surface area contributed by atoms with Crippen molar-refractivity contribution in [3.05, 3.63) is 121 Å². The molecule has 6 nitrogen and oxygen atoms in total. The average molecular weight is 738 g/mol. The minimum atomic E-state index is -0.916. The summed E-state index contributed by atoms with van der Waals surface area (Å²) < 4.78 is 13.9. The van der Waals surface area contributed by atoms with E-state index in [1.54, 1.807) is 25.3 Å². The van der Waals surface area contributed by atoms with E-state index in [9.17, 15) is 15.0 Å². The van der Waals surface area contributed by atoms with Crippen LogP contribution in [0.1, 0.15) is 72.4 Å².